The Morgan fingerprint density at radius 1 is 1.12 bits per heavy atom. The minimum absolute atomic E-state index is 0.141. The Bertz CT molecular complexity index is 1270. The summed E-state index contributed by atoms with van der Waals surface area (Å²) in [7, 11) is 1.56. The molecule has 170 valence electrons. The first kappa shape index (κ1) is 22.4. The van der Waals surface area contributed by atoms with Gasteiger partial charge in [0, 0.05) is 55.3 Å². The van der Waals surface area contributed by atoms with Crippen LogP contribution in [0.1, 0.15) is 25.3 Å². The van der Waals surface area contributed by atoms with E-state index in [2.05, 4.69) is 9.97 Å². The van der Waals surface area contributed by atoms with E-state index in [1.165, 1.54) is 4.57 Å². The molecule has 1 aliphatic heterocycles. The fraction of sp³-hybridized carbons (Fsp3) is 0.429. The molecule has 1 aliphatic rings. The van der Waals surface area contributed by atoms with E-state index in [1.807, 2.05) is 16.7 Å². The highest BCUT2D eigenvalue weighted by molar-refractivity contribution is 6.36. The van der Waals surface area contributed by atoms with Gasteiger partial charge < -0.3 is 9.80 Å². The maximum absolute atomic E-state index is 12.8. The van der Waals surface area contributed by atoms with Crippen LogP contribution in [-0.4, -0.2) is 56.1 Å². The van der Waals surface area contributed by atoms with E-state index >= 15 is 0 Å². The summed E-state index contributed by atoms with van der Waals surface area (Å²) in [6, 6.07) is 5.23. The van der Waals surface area contributed by atoms with Crippen LogP contribution >= 0.6 is 23.2 Å². The van der Waals surface area contributed by atoms with Crippen LogP contribution in [0.4, 0.5) is 5.95 Å². The SMILES string of the molecule is CCCC(=O)N1CCN(c2nc3c(c(=O)[nH]c(=O)n3C)n2Cc2c(Cl)cccc2Cl)CC1. The topological polar surface area (TPSA) is 96.2 Å². The number of benzene rings is 1. The lowest BCUT2D eigenvalue weighted by Crippen LogP contribution is -2.49. The molecule has 9 nitrogen and oxygen atoms in total. The van der Waals surface area contributed by atoms with Gasteiger partial charge in [-0.1, -0.05) is 36.2 Å². The lowest BCUT2D eigenvalue weighted by Gasteiger charge is -2.35. The van der Waals surface area contributed by atoms with E-state index in [1.54, 1.807) is 29.8 Å². The van der Waals surface area contributed by atoms with Crippen molar-refractivity contribution in [2.45, 2.75) is 26.3 Å². The fourth-order valence-corrected chi connectivity index (χ4v) is 4.50. The third-order valence-corrected chi connectivity index (χ3v) is 6.45. The van der Waals surface area contributed by atoms with Gasteiger partial charge in [-0.15, -0.1) is 0 Å². The van der Waals surface area contributed by atoms with Crippen LogP contribution in [0.3, 0.4) is 0 Å². The number of hydrogen-bond donors (Lipinski definition) is 1. The molecule has 0 spiro atoms. The molecule has 0 bridgehead atoms. The van der Waals surface area contributed by atoms with Crippen molar-refractivity contribution in [3.05, 3.63) is 54.6 Å². The summed E-state index contributed by atoms with van der Waals surface area (Å²) < 4.78 is 3.05. The lowest BCUT2D eigenvalue weighted by molar-refractivity contribution is -0.131. The van der Waals surface area contributed by atoms with Gasteiger partial charge in [0.15, 0.2) is 11.2 Å². The molecule has 0 unspecified atom stereocenters. The average molecular weight is 479 g/mol. The molecule has 1 amide bonds. The number of carbonyl (C=O) groups excluding carboxylic acids is 1. The van der Waals surface area contributed by atoms with Crippen LogP contribution in [0.15, 0.2) is 27.8 Å². The van der Waals surface area contributed by atoms with Crippen molar-refractivity contribution in [1.29, 1.82) is 0 Å². The molecule has 0 atom stereocenters. The number of fused-ring (bicyclic) bond motifs is 1. The van der Waals surface area contributed by atoms with E-state index < -0.39 is 11.2 Å². The van der Waals surface area contributed by atoms with Gasteiger partial charge in [0.2, 0.25) is 11.9 Å². The van der Waals surface area contributed by atoms with Crippen molar-refractivity contribution in [2.24, 2.45) is 7.05 Å². The Morgan fingerprint density at radius 2 is 1.78 bits per heavy atom. The second-order valence-corrected chi connectivity index (χ2v) is 8.62. The number of hydrogen-bond acceptors (Lipinski definition) is 5. The summed E-state index contributed by atoms with van der Waals surface area (Å²) in [5.74, 6) is 0.674. The molecule has 0 saturated carbocycles. The monoisotopic (exact) mass is 478 g/mol. The van der Waals surface area contributed by atoms with Crippen molar-refractivity contribution < 1.29 is 4.79 Å². The number of H-pyrrole nitrogens is 1. The molecule has 1 fully saturated rings. The molecule has 1 aromatic carbocycles. The fourth-order valence-electron chi connectivity index (χ4n) is 3.98. The zero-order valence-corrected chi connectivity index (χ0v) is 19.4. The van der Waals surface area contributed by atoms with Crippen molar-refractivity contribution in [1.82, 2.24) is 24.0 Å². The first-order chi connectivity index (χ1) is 15.3. The van der Waals surface area contributed by atoms with Gasteiger partial charge >= 0.3 is 5.69 Å². The number of carbonyl (C=O) groups is 1. The second kappa shape index (κ2) is 8.99. The molecular formula is C21H24Cl2N6O3. The summed E-state index contributed by atoms with van der Waals surface area (Å²) in [6.07, 6.45) is 1.34. The van der Waals surface area contributed by atoms with Crippen LogP contribution in [0.2, 0.25) is 10.0 Å². The summed E-state index contributed by atoms with van der Waals surface area (Å²) >= 11 is 12.8. The van der Waals surface area contributed by atoms with Gasteiger partial charge in [0.05, 0.1) is 6.54 Å². The number of rotatable bonds is 5. The minimum Gasteiger partial charge on any atom is -0.339 e. The number of piperazine rings is 1. The lowest BCUT2D eigenvalue weighted by atomic mass is 10.2. The predicted octanol–water partition coefficient (Wildman–Crippen LogP) is 2.23. The van der Waals surface area contributed by atoms with Crippen LogP contribution in [0, 0.1) is 0 Å². The Kier molecular flexibility index (Phi) is 6.30. The second-order valence-electron chi connectivity index (χ2n) is 7.81. The highest BCUT2D eigenvalue weighted by atomic mass is 35.5. The number of halogens is 2. The number of nitrogens with zero attached hydrogens (tertiary/aromatic N) is 5. The van der Waals surface area contributed by atoms with Gasteiger partial charge in [0.1, 0.15) is 0 Å². The number of nitrogens with one attached hydrogen (secondary N) is 1. The van der Waals surface area contributed by atoms with E-state index in [4.69, 9.17) is 23.2 Å². The van der Waals surface area contributed by atoms with E-state index in [0.29, 0.717) is 54.2 Å². The van der Waals surface area contributed by atoms with Crippen molar-refractivity contribution in [3.63, 3.8) is 0 Å². The number of aromatic amines is 1. The molecule has 2 aromatic heterocycles. The van der Waals surface area contributed by atoms with Gasteiger partial charge in [-0.3, -0.25) is 23.7 Å². The van der Waals surface area contributed by atoms with Crippen molar-refractivity contribution >= 4 is 46.2 Å². The van der Waals surface area contributed by atoms with Crippen LogP contribution in [0.25, 0.3) is 11.2 Å². The Morgan fingerprint density at radius 3 is 2.41 bits per heavy atom. The van der Waals surface area contributed by atoms with Crippen LogP contribution in [0.5, 0.6) is 0 Å². The molecule has 3 heterocycles. The number of imidazole rings is 1. The zero-order valence-electron chi connectivity index (χ0n) is 17.9. The number of amides is 1. The molecular weight excluding hydrogens is 455 g/mol. The normalized spacial score (nSPS) is 14.4. The zero-order chi connectivity index (χ0) is 23.0. The highest BCUT2D eigenvalue weighted by Gasteiger charge is 2.27. The standard InChI is InChI=1S/C21H24Cl2N6O3/c1-3-5-16(30)27-8-10-28(11-9-27)20-24-18-17(19(31)25-21(32)26(18)2)29(20)12-13-14(22)6-4-7-15(13)23/h4,6-7H,3,5,8-12H2,1-2H3,(H,25,31,32). The molecule has 11 heteroatoms. The van der Waals surface area contributed by atoms with E-state index in [9.17, 15) is 14.4 Å². The van der Waals surface area contributed by atoms with E-state index in [-0.39, 0.29) is 23.6 Å². The summed E-state index contributed by atoms with van der Waals surface area (Å²) in [4.78, 5) is 48.1. The average Bonchev–Trinajstić information content (AvgIpc) is 3.15. The molecule has 1 saturated heterocycles. The molecule has 4 rings (SSSR count). The van der Waals surface area contributed by atoms with Crippen molar-refractivity contribution in [2.75, 3.05) is 31.1 Å². The third kappa shape index (κ3) is 4.02. The Hall–Kier alpha value is -2.78. The quantitative estimate of drug-likeness (QED) is 0.606. The first-order valence-corrected chi connectivity index (χ1v) is 11.2. The number of aromatic nitrogens is 4. The summed E-state index contributed by atoms with van der Waals surface area (Å²) in [5.41, 5.74) is 0.136. The minimum atomic E-state index is -0.538. The molecule has 0 radical (unpaired) electrons. The maximum Gasteiger partial charge on any atom is 0.329 e. The smallest absolute Gasteiger partial charge is 0.329 e. The number of anilines is 1. The first-order valence-electron chi connectivity index (χ1n) is 10.5. The third-order valence-electron chi connectivity index (χ3n) is 5.74. The summed E-state index contributed by atoms with van der Waals surface area (Å²) in [5, 5.41) is 0.947. The van der Waals surface area contributed by atoms with Crippen molar-refractivity contribution in [3.8, 4) is 0 Å². The largest absolute Gasteiger partial charge is 0.339 e. The highest BCUT2D eigenvalue weighted by Crippen LogP contribution is 2.29. The Labute approximate surface area is 194 Å². The van der Waals surface area contributed by atoms with E-state index in [0.717, 1.165) is 6.42 Å². The van der Waals surface area contributed by atoms with Crippen LogP contribution in [-0.2, 0) is 18.4 Å². The molecule has 0 aliphatic carbocycles. The maximum atomic E-state index is 12.8. The summed E-state index contributed by atoms with van der Waals surface area (Å²) in [6.45, 7) is 4.43. The molecule has 3 aromatic rings. The molecule has 32 heavy (non-hydrogen) atoms. The number of aryl methyl sites for hydroxylation is 1. The van der Waals surface area contributed by atoms with Gasteiger partial charge in [-0.2, -0.15) is 4.98 Å². The molecule has 1 N–H and O–H groups in total. The Balaban J connectivity index is 1.79. The predicted molar refractivity (Wildman–Crippen MR) is 125 cm³/mol. The van der Waals surface area contributed by atoms with Crippen LogP contribution < -0.4 is 16.1 Å². The van der Waals surface area contributed by atoms with Gasteiger partial charge in [-0.25, -0.2) is 4.79 Å². The van der Waals surface area contributed by atoms with Gasteiger partial charge in [0.25, 0.3) is 5.56 Å². The van der Waals surface area contributed by atoms with Gasteiger partial charge in [-0.05, 0) is 18.6 Å².